The van der Waals surface area contributed by atoms with Gasteiger partial charge in [0.25, 0.3) is 0 Å². The van der Waals surface area contributed by atoms with E-state index in [0.717, 1.165) is 32.7 Å². The van der Waals surface area contributed by atoms with Crippen molar-refractivity contribution < 1.29 is 4.74 Å². The van der Waals surface area contributed by atoms with Gasteiger partial charge in [-0.2, -0.15) is 0 Å². The van der Waals surface area contributed by atoms with Crippen molar-refractivity contribution in [2.45, 2.75) is 45.8 Å². The van der Waals surface area contributed by atoms with Crippen molar-refractivity contribution in [3.8, 4) is 0 Å². The van der Waals surface area contributed by atoms with Crippen LogP contribution in [-0.4, -0.2) is 74.9 Å². The van der Waals surface area contributed by atoms with Crippen LogP contribution in [0.5, 0.6) is 0 Å². The van der Waals surface area contributed by atoms with Gasteiger partial charge < -0.3 is 15.0 Å². The molecule has 0 spiro atoms. The molecule has 19 heavy (non-hydrogen) atoms. The van der Waals surface area contributed by atoms with Gasteiger partial charge in [-0.05, 0) is 33.0 Å². The molecule has 1 atom stereocenters. The second-order valence-corrected chi connectivity index (χ2v) is 5.99. The Balaban J connectivity index is 2.15. The molecular weight excluding hydrogens is 238 g/mol. The number of hydrogen-bond donors (Lipinski definition) is 1. The Kier molecular flexibility index (Phi) is 8.62. The molecule has 1 rings (SSSR count). The quantitative estimate of drug-likeness (QED) is 0.686. The highest BCUT2D eigenvalue weighted by Gasteiger charge is 2.20. The topological polar surface area (TPSA) is 27.7 Å². The van der Waals surface area contributed by atoms with E-state index in [9.17, 15) is 0 Å². The highest BCUT2D eigenvalue weighted by atomic mass is 16.5. The first-order valence-electron chi connectivity index (χ1n) is 7.87. The molecule has 0 aromatic heterocycles. The van der Waals surface area contributed by atoms with Crippen LogP contribution in [0, 0.1) is 0 Å². The van der Waals surface area contributed by atoms with Crippen molar-refractivity contribution >= 4 is 0 Å². The zero-order valence-corrected chi connectivity index (χ0v) is 13.3. The Morgan fingerprint density at radius 3 is 2.84 bits per heavy atom. The van der Waals surface area contributed by atoms with Crippen LogP contribution < -0.4 is 5.32 Å². The van der Waals surface area contributed by atoms with Crippen LogP contribution in [0.4, 0.5) is 0 Å². The third kappa shape index (κ3) is 7.88. The van der Waals surface area contributed by atoms with E-state index in [1.165, 1.54) is 26.1 Å². The third-order valence-corrected chi connectivity index (χ3v) is 3.65. The molecule has 0 aromatic carbocycles. The van der Waals surface area contributed by atoms with Crippen molar-refractivity contribution in [3.05, 3.63) is 0 Å². The number of rotatable bonds is 9. The summed E-state index contributed by atoms with van der Waals surface area (Å²) in [6.07, 6.45) is 2.78. The largest absolute Gasteiger partial charge is 0.376 e. The first-order chi connectivity index (χ1) is 9.11. The number of likely N-dealkylation sites (N-methyl/N-ethyl adjacent to an activating group) is 1. The first kappa shape index (κ1) is 16.9. The Labute approximate surface area is 119 Å². The van der Waals surface area contributed by atoms with Crippen LogP contribution in [0.15, 0.2) is 0 Å². The van der Waals surface area contributed by atoms with E-state index in [1.807, 2.05) is 0 Å². The highest BCUT2D eigenvalue weighted by Crippen LogP contribution is 2.08. The summed E-state index contributed by atoms with van der Waals surface area (Å²) in [5.74, 6) is 0. The lowest BCUT2D eigenvalue weighted by Crippen LogP contribution is -2.46. The fourth-order valence-electron chi connectivity index (χ4n) is 2.50. The minimum Gasteiger partial charge on any atom is -0.376 e. The highest BCUT2D eigenvalue weighted by molar-refractivity contribution is 4.73. The summed E-state index contributed by atoms with van der Waals surface area (Å²) in [4.78, 5) is 4.97. The number of morpholine rings is 1. The van der Waals surface area contributed by atoms with Gasteiger partial charge in [0.2, 0.25) is 0 Å². The van der Waals surface area contributed by atoms with Crippen LogP contribution in [0.2, 0.25) is 0 Å². The lowest BCUT2D eigenvalue weighted by Gasteiger charge is -2.34. The van der Waals surface area contributed by atoms with Gasteiger partial charge in [-0.25, -0.2) is 0 Å². The van der Waals surface area contributed by atoms with Gasteiger partial charge in [0.05, 0.1) is 12.7 Å². The minimum absolute atomic E-state index is 0.413. The molecule has 0 aliphatic carbocycles. The van der Waals surface area contributed by atoms with E-state index >= 15 is 0 Å². The lowest BCUT2D eigenvalue weighted by molar-refractivity contribution is -0.0332. The zero-order valence-electron chi connectivity index (χ0n) is 13.3. The lowest BCUT2D eigenvalue weighted by atomic mass is 10.2. The first-order valence-corrected chi connectivity index (χ1v) is 7.87. The predicted octanol–water partition coefficient (Wildman–Crippen LogP) is 1.42. The summed E-state index contributed by atoms with van der Waals surface area (Å²) in [6, 6.07) is 0.572. The van der Waals surface area contributed by atoms with Crippen LogP contribution in [0.1, 0.15) is 33.6 Å². The molecule has 0 radical (unpaired) electrons. The average molecular weight is 271 g/mol. The summed E-state index contributed by atoms with van der Waals surface area (Å²) < 4.78 is 5.85. The second kappa shape index (κ2) is 9.70. The molecule has 4 heteroatoms. The Hall–Kier alpha value is -0.160. The molecule has 0 unspecified atom stereocenters. The van der Waals surface area contributed by atoms with E-state index in [0.29, 0.717) is 12.1 Å². The molecule has 1 saturated heterocycles. The second-order valence-electron chi connectivity index (χ2n) is 5.99. The van der Waals surface area contributed by atoms with E-state index in [-0.39, 0.29) is 0 Å². The van der Waals surface area contributed by atoms with Gasteiger partial charge in [-0.3, -0.25) is 4.90 Å². The summed E-state index contributed by atoms with van der Waals surface area (Å²) in [7, 11) is 2.22. The molecule has 1 heterocycles. The van der Waals surface area contributed by atoms with E-state index in [2.05, 4.69) is 42.9 Å². The van der Waals surface area contributed by atoms with Gasteiger partial charge in [0, 0.05) is 32.2 Å². The smallest absolute Gasteiger partial charge is 0.0714 e. The molecule has 0 saturated carbocycles. The Morgan fingerprint density at radius 1 is 1.37 bits per heavy atom. The molecule has 0 bridgehead atoms. The fourth-order valence-corrected chi connectivity index (χ4v) is 2.50. The van der Waals surface area contributed by atoms with Gasteiger partial charge in [0.1, 0.15) is 0 Å². The third-order valence-electron chi connectivity index (χ3n) is 3.65. The SMILES string of the molecule is CCCN(C)CCN1CCO[C@H](CCNC(C)C)C1. The monoisotopic (exact) mass is 271 g/mol. The van der Waals surface area contributed by atoms with Crippen molar-refractivity contribution in [2.75, 3.05) is 52.9 Å². The molecule has 1 N–H and O–H groups in total. The van der Waals surface area contributed by atoms with Gasteiger partial charge in [0.15, 0.2) is 0 Å². The van der Waals surface area contributed by atoms with E-state index in [4.69, 9.17) is 4.74 Å². The standard InChI is InChI=1S/C15H33N3O/c1-5-8-17(4)9-10-18-11-12-19-15(13-18)6-7-16-14(2)3/h14-16H,5-13H2,1-4H3/t15-/m1/s1. The molecule has 0 amide bonds. The number of hydrogen-bond acceptors (Lipinski definition) is 4. The van der Waals surface area contributed by atoms with Crippen LogP contribution in [0.3, 0.4) is 0 Å². The average Bonchev–Trinajstić information content (AvgIpc) is 2.37. The molecule has 114 valence electrons. The summed E-state index contributed by atoms with van der Waals surface area (Å²) >= 11 is 0. The molecule has 1 aliphatic heterocycles. The van der Waals surface area contributed by atoms with Crippen LogP contribution in [0.25, 0.3) is 0 Å². The minimum atomic E-state index is 0.413. The van der Waals surface area contributed by atoms with Crippen LogP contribution in [-0.2, 0) is 4.74 Å². The normalized spacial score (nSPS) is 21.5. The molecule has 1 aliphatic rings. The van der Waals surface area contributed by atoms with Crippen molar-refractivity contribution in [2.24, 2.45) is 0 Å². The fraction of sp³-hybridized carbons (Fsp3) is 1.00. The van der Waals surface area contributed by atoms with Crippen molar-refractivity contribution in [1.29, 1.82) is 0 Å². The van der Waals surface area contributed by atoms with E-state index < -0.39 is 0 Å². The van der Waals surface area contributed by atoms with Gasteiger partial charge in [-0.15, -0.1) is 0 Å². The Bertz CT molecular complexity index is 223. The number of nitrogens with zero attached hydrogens (tertiary/aromatic N) is 2. The van der Waals surface area contributed by atoms with Crippen LogP contribution >= 0.6 is 0 Å². The van der Waals surface area contributed by atoms with Gasteiger partial charge in [-0.1, -0.05) is 20.8 Å². The van der Waals surface area contributed by atoms with Crippen molar-refractivity contribution in [1.82, 2.24) is 15.1 Å². The maximum atomic E-state index is 5.85. The van der Waals surface area contributed by atoms with E-state index in [1.54, 1.807) is 0 Å². The van der Waals surface area contributed by atoms with Gasteiger partial charge >= 0.3 is 0 Å². The maximum Gasteiger partial charge on any atom is 0.0714 e. The molecule has 1 fully saturated rings. The Morgan fingerprint density at radius 2 is 2.16 bits per heavy atom. The maximum absolute atomic E-state index is 5.85. The van der Waals surface area contributed by atoms with Crippen molar-refractivity contribution in [3.63, 3.8) is 0 Å². The molecule has 0 aromatic rings. The summed E-state index contributed by atoms with van der Waals surface area (Å²) in [6.45, 7) is 14.3. The summed E-state index contributed by atoms with van der Waals surface area (Å²) in [5, 5.41) is 3.47. The molecule has 4 nitrogen and oxygen atoms in total. The predicted molar refractivity (Wildman–Crippen MR) is 81.7 cm³/mol. The number of nitrogens with one attached hydrogen (secondary N) is 1. The zero-order chi connectivity index (χ0) is 14.1. The summed E-state index contributed by atoms with van der Waals surface area (Å²) in [5.41, 5.74) is 0. The molecular formula is C15H33N3O. The number of ether oxygens (including phenoxy) is 1.